The molecule has 0 saturated heterocycles. The molecule has 5 nitrogen and oxygen atoms in total. The highest BCUT2D eigenvalue weighted by Crippen LogP contribution is 2.17. The number of halogens is 1. The van der Waals surface area contributed by atoms with Crippen LogP contribution in [-0.4, -0.2) is 20.4 Å². The average Bonchev–Trinajstić information content (AvgIpc) is 2.55. The topological polar surface area (TPSA) is 67.6 Å². The summed E-state index contributed by atoms with van der Waals surface area (Å²) in [5, 5.41) is 13.5. The Morgan fingerprint density at radius 1 is 1.45 bits per heavy atom. The van der Waals surface area contributed by atoms with E-state index in [1.165, 1.54) is 0 Å². The first kappa shape index (κ1) is 6.36. The number of aromatic amines is 1. The standard InChI is InChI=1S/C5H3ClN4O/c6-5-10-9-4(11-5)3-1-7-8-2-3/h1-2H,(H,7,8). The number of H-pyrrole nitrogens is 1. The Morgan fingerprint density at radius 3 is 2.91 bits per heavy atom. The Bertz CT molecular complexity index is 341. The van der Waals surface area contributed by atoms with Crippen molar-refractivity contribution < 1.29 is 4.42 Å². The van der Waals surface area contributed by atoms with Gasteiger partial charge in [0, 0.05) is 6.20 Å². The lowest BCUT2D eigenvalue weighted by Gasteiger charge is -1.80. The minimum Gasteiger partial charge on any atom is -0.407 e. The van der Waals surface area contributed by atoms with E-state index in [4.69, 9.17) is 16.0 Å². The van der Waals surface area contributed by atoms with E-state index in [2.05, 4.69) is 20.4 Å². The highest BCUT2D eigenvalue weighted by atomic mass is 35.5. The van der Waals surface area contributed by atoms with Crippen LogP contribution in [0.1, 0.15) is 0 Å². The second-order valence-electron chi connectivity index (χ2n) is 1.85. The van der Waals surface area contributed by atoms with E-state index >= 15 is 0 Å². The van der Waals surface area contributed by atoms with Crippen molar-refractivity contribution in [2.75, 3.05) is 0 Å². The fourth-order valence-electron chi connectivity index (χ4n) is 0.690. The monoisotopic (exact) mass is 170 g/mol. The Hall–Kier alpha value is -1.36. The van der Waals surface area contributed by atoms with Gasteiger partial charge in [0.1, 0.15) is 0 Å². The van der Waals surface area contributed by atoms with Crippen molar-refractivity contribution in [1.82, 2.24) is 20.4 Å². The van der Waals surface area contributed by atoms with E-state index in [0.29, 0.717) is 5.89 Å². The summed E-state index contributed by atoms with van der Waals surface area (Å²) in [6.07, 6.45) is 3.22. The van der Waals surface area contributed by atoms with E-state index in [1.54, 1.807) is 12.4 Å². The molecule has 0 unspecified atom stereocenters. The SMILES string of the molecule is Clc1nnc(-c2cn[nH]c2)o1. The molecule has 0 aromatic carbocycles. The van der Waals surface area contributed by atoms with Gasteiger partial charge in [0.2, 0.25) is 0 Å². The first-order chi connectivity index (χ1) is 5.36. The quantitative estimate of drug-likeness (QED) is 0.696. The largest absolute Gasteiger partial charge is 0.407 e. The van der Waals surface area contributed by atoms with Gasteiger partial charge in [-0.1, -0.05) is 5.10 Å². The predicted molar refractivity (Wildman–Crippen MR) is 36.9 cm³/mol. The van der Waals surface area contributed by atoms with Crippen molar-refractivity contribution in [3.05, 3.63) is 17.7 Å². The third-order valence-electron chi connectivity index (χ3n) is 1.15. The van der Waals surface area contributed by atoms with Crippen LogP contribution in [0.2, 0.25) is 5.35 Å². The number of nitrogens with one attached hydrogen (secondary N) is 1. The summed E-state index contributed by atoms with van der Waals surface area (Å²) in [4.78, 5) is 0. The molecule has 2 aromatic heterocycles. The van der Waals surface area contributed by atoms with Crippen LogP contribution in [0.4, 0.5) is 0 Å². The second kappa shape index (κ2) is 2.35. The molecule has 0 saturated carbocycles. The highest BCUT2D eigenvalue weighted by molar-refractivity contribution is 6.27. The van der Waals surface area contributed by atoms with Crippen LogP contribution in [0, 0.1) is 0 Å². The molecule has 0 bridgehead atoms. The van der Waals surface area contributed by atoms with Crippen molar-refractivity contribution >= 4 is 11.6 Å². The Morgan fingerprint density at radius 2 is 2.36 bits per heavy atom. The highest BCUT2D eigenvalue weighted by Gasteiger charge is 2.06. The Kier molecular flexibility index (Phi) is 1.36. The van der Waals surface area contributed by atoms with E-state index in [9.17, 15) is 0 Å². The summed E-state index contributed by atoms with van der Waals surface area (Å²) in [7, 11) is 0. The molecule has 0 amide bonds. The van der Waals surface area contributed by atoms with Crippen molar-refractivity contribution in [3.63, 3.8) is 0 Å². The number of nitrogens with zero attached hydrogens (tertiary/aromatic N) is 3. The fraction of sp³-hybridized carbons (Fsp3) is 0. The molecular weight excluding hydrogens is 168 g/mol. The number of rotatable bonds is 1. The fourth-order valence-corrected chi connectivity index (χ4v) is 0.801. The summed E-state index contributed by atoms with van der Waals surface area (Å²) in [6.45, 7) is 0. The van der Waals surface area contributed by atoms with E-state index in [-0.39, 0.29) is 5.35 Å². The summed E-state index contributed by atoms with van der Waals surface area (Å²) in [6, 6.07) is 0. The van der Waals surface area contributed by atoms with Gasteiger partial charge in [0.25, 0.3) is 5.89 Å². The third kappa shape index (κ3) is 1.10. The summed E-state index contributed by atoms with van der Waals surface area (Å²) in [5.74, 6) is 0.365. The molecule has 0 fully saturated rings. The van der Waals surface area contributed by atoms with E-state index < -0.39 is 0 Å². The maximum atomic E-state index is 5.41. The zero-order chi connectivity index (χ0) is 7.68. The van der Waals surface area contributed by atoms with Crippen LogP contribution in [0.3, 0.4) is 0 Å². The maximum Gasteiger partial charge on any atom is 0.313 e. The third-order valence-corrected chi connectivity index (χ3v) is 1.30. The van der Waals surface area contributed by atoms with Gasteiger partial charge >= 0.3 is 5.35 Å². The van der Waals surface area contributed by atoms with Gasteiger partial charge in [-0.05, 0) is 11.6 Å². The average molecular weight is 171 g/mol. The lowest BCUT2D eigenvalue weighted by molar-refractivity contribution is 0.571. The second-order valence-corrected chi connectivity index (χ2v) is 2.17. The normalized spacial score (nSPS) is 10.3. The van der Waals surface area contributed by atoms with Gasteiger partial charge in [-0.25, -0.2) is 0 Å². The summed E-state index contributed by atoms with van der Waals surface area (Å²) < 4.78 is 4.91. The Balaban J connectivity index is 2.45. The lowest BCUT2D eigenvalue weighted by atomic mass is 10.4. The molecule has 11 heavy (non-hydrogen) atoms. The molecule has 0 aliphatic rings. The molecule has 0 aliphatic heterocycles. The molecule has 2 heterocycles. The summed E-state index contributed by atoms with van der Waals surface area (Å²) in [5.41, 5.74) is 0.726. The summed E-state index contributed by atoms with van der Waals surface area (Å²) >= 11 is 5.41. The molecule has 0 spiro atoms. The molecule has 2 rings (SSSR count). The van der Waals surface area contributed by atoms with Gasteiger partial charge in [-0.2, -0.15) is 5.10 Å². The van der Waals surface area contributed by atoms with Crippen molar-refractivity contribution in [1.29, 1.82) is 0 Å². The van der Waals surface area contributed by atoms with Crippen LogP contribution >= 0.6 is 11.6 Å². The molecule has 6 heteroatoms. The number of hydrogen-bond acceptors (Lipinski definition) is 4. The van der Waals surface area contributed by atoms with Crippen molar-refractivity contribution in [2.45, 2.75) is 0 Å². The van der Waals surface area contributed by atoms with Crippen LogP contribution in [0.15, 0.2) is 16.8 Å². The molecular formula is C5H3ClN4O. The first-order valence-electron chi connectivity index (χ1n) is 2.84. The molecule has 0 atom stereocenters. The van der Waals surface area contributed by atoms with Crippen LogP contribution in [0.25, 0.3) is 11.5 Å². The van der Waals surface area contributed by atoms with Crippen molar-refractivity contribution in [2.24, 2.45) is 0 Å². The van der Waals surface area contributed by atoms with Crippen LogP contribution in [0.5, 0.6) is 0 Å². The Labute approximate surface area is 66.4 Å². The first-order valence-corrected chi connectivity index (χ1v) is 3.22. The van der Waals surface area contributed by atoms with E-state index in [0.717, 1.165) is 5.56 Å². The van der Waals surface area contributed by atoms with Gasteiger partial charge < -0.3 is 4.42 Å². The number of aromatic nitrogens is 4. The maximum absolute atomic E-state index is 5.41. The molecule has 2 aromatic rings. The van der Waals surface area contributed by atoms with Gasteiger partial charge in [-0.3, -0.25) is 5.10 Å². The molecule has 0 aliphatic carbocycles. The minimum absolute atomic E-state index is 0.0289. The zero-order valence-electron chi connectivity index (χ0n) is 5.28. The van der Waals surface area contributed by atoms with Crippen LogP contribution < -0.4 is 0 Å². The lowest BCUT2D eigenvalue weighted by Crippen LogP contribution is -1.71. The van der Waals surface area contributed by atoms with Crippen LogP contribution in [-0.2, 0) is 0 Å². The van der Waals surface area contributed by atoms with Crippen molar-refractivity contribution in [3.8, 4) is 11.5 Å². The zero-order valence-corrected chi connectivity index (χ0v) is 6.04. The van der Waals surface area contributed by atoms with Gasteiger partial charge in [-0.15, -0.1) is 5.10 Å². The van der Waals surface area contributed by atoms with Gasteiger partial charge in [0.05, 0.1) is 11.8 Å². The number of hydrogen-bond donors (Lipinski definition) is 1. The molecule has 1 N–H and O–H groups in total. The smallest absolute Gasteiger partial charge is 0.313 e. The predicted octanol–water partition coefficient (Wildman–Crippen LogP) is 1.11. The molecule has 0 radical (unpaired) electrons. The minimum atomic E-state index is 0.0289. The van der Waals surface area contributed by atoms with E-state index in [1.807, 2.05) is 0 Å². The van der Waals surface area contributed by atoms with Gasteiger partial charge in [0.15, 0.2) is 0 Å². The molecule has 56 valence electrons.